The Morgan fingerprint density at radius 3 is 2.33 bits per heavy atom. The molecular weight excluding hydrogens is 282 g/mol. The highest BCUT2D eigenvalue weighted by molar-refractivity contribution is 5.77. The van der Waals surface area contributed by atoms with Crippen LogP contribution in [0.25, 0.3) is 0 Å². The minimum Gasteiger partial charge on any atom is -0.480 e. The fourth-order valence-electron chi connectivity index (χ4n) is 2.63. The predicted molar refractivity (Wildman–Crippen MR) is 70.2 cm³/mol. The maximum absolute atomic E-state index is 13.3. The highest BCUT2D eigenvalue weighted by Crippen LogP contribution is 2.28. The van der Waals surface area contributed by atoms with Gasteiger partial charge in [-0.1, -0.05) is 6.07 Å². The summed E-state index contributed by atoms with van der Waals surface area (Å²) < 4.78 is 26.2. The van der Waals surface area contributed by atoms with Gasteiger partial charge in [-0.3, -0.25) is 14.5 Å². The largest absolute Gasteiger partial charge is 0.480 e. The molecule has 21 heavy (non-hydrogen) atoms. The van der Waals surface area contributed by atoms with Gasteiger partial charge in [0.2, 0.25) is 5.91 Å². The zero-order valence-corrected chi connectivity index (χ0v) is 11.3. The van der Waals surface area contributed by atoms with Crippen molar-refractivity contribution in [2.24, 2.45) is 11.7 Å². The lowest BCUT2D eigenvalue weighted by Crippen LogP contribution is -2.42. The third kappa shape index (κ3) is 3.36. The molecule has 1 fully saturated rings. The molecule has 114 valence electrons. The monoisotopic (exact) mass is 298 g/mol. The number of benzene rings is 1. The minimum absolute atomic E-state index is 0.180. The van der Waals surface area contributed by atoms with Crippen molar-refractivity contribution in [1.29, 1.82) is 0 Å². The number of piperidine rings is 1. The van der Waals surface area contributed by atoms with Crippen LogP contribution in [0.3, 0.4) is 0 Å². The van der Waals surface area contributed by atoms with E-state index in [1.807, 2.05) is 0 Å². The highest BCUT2D eigenvalue weighted by atomic mass is 19.2. The number of likely N-dealkylation sites (tertiary alicyclic amines) is 1. The number of rotatable bonds is 4. The van der Waals surface area contributed by atoms with Crippen LogP contribution < -0.4 is 5.73 Å². The molecule has 7 heteroatoms. The van der Waals surface area contributed by atoms with E-state index >= 15 is 0 Å². The van der Waals surface area contributed by atoms with Crippen molar-refractivity contribution >= 4 is 11.9 Å². The number of carbonyl (C=O) groups is 2. The molecule has 1 atom stereocenters. The molecule has 1 heterocycles. The lowest BCUT2D eigenvalue weighted by molar-refractivity contribution is -0.144. The fourth-order valence-corrected chi connectivity index (χ4v) is 2.63. The van der Waals surface area contributed by atoms with E-state index in [-0.39, 0.29) is 11.5 Å². The lowest BCUT2D eigenvalue weighted by atomic mass is 9.93. The van der Waals surface area contributed by atoms with Crippen molar-refractivity contribution in [3.8, 4) is 0 Å². The summed E-state index contributed by atoms with van der Waals surface area (Å²) in [4.78, 5) is 24.2. The second-order valence-electron chi connectivity index (χ2n) is 5.13. The van der Waals surface area contributed by atoms with E-state index in [1.54, 1.807) is 4.90 Å². The number of hydrogen-bond donors (Lipinski definition) is 2. The molecule has 0 aromatic heterocycles. The number of primary amides is 1. The van der Waals surface area contributed by atoms with Crippen LogP contribution >= 0.6 is 0 Å². The van der Waals surface area contributed by atoms with Crippen molar-refractivity contribution < 1.29 is 23.5 Å². The normalized spacial score (nSPS) is 18.4. The van der Waals surface area contributed by atoms with Gasteiger partial charge in [-0.25, -0.2) is 8.78 Å². The third-order valence-corrected chi connectivity index (χ3v) is 3.79. The molecule has 2 rings (SSSR count). The summed E-state index contributed by atoms with van der Waals surface area (Å²) in [5.41, 5.74) is 5.41. The van der Waals surface area contributed by atoms with Crippen LogP contribution in [0.15, 0.2) is 18.2 Å². The van der Waals surface area contributed by atoms with Crippen molar-refractivity contribution in [2.75, 3.05) is 13.1 Å². The number of carbonyl (C=O) groups excluding carboxylic acids is 1. The smallest absolute Gasteiger partial charge is 0.325 e. The van der Waals surface area contributed by atoms with E-state index in [0.29, 0.717) is 25.9 Å². The number of amides is 1. The van der Waals surface area contributed by atoms with Gasteiger partial charge in [0.25, 0.3) is 0 Å². The predicted octanol–water partition coefficient (Wildman–Crippen LogP) is 1.29. The molecule has 1 aromatic carbocycles. The number of nitrogens with two attached hydrogens (primary N) is 1. The van der Waals surface area contributed by atoms with Crippen LogP contribution in [0.4, 0.5) is 8.78 Å². The van der Waals surface area contributed by atoms with Crippen molar-refractivity contribution in [2.45, 2.75) is 18.9 Å². The van der Waals surface area contributed by atoms with Gasteiger partial charge in [-0.2, -0.15) is 0 Å². The first-order chi connectivity index (χ1) is 9.90. The Bertz CT molecular complexity index is 557. The Balaban J connectivity index is 2.18. The van der Waals surface area contributed by atoms with Crippen LogP contribution in [0, 0.1) is 17.6 Å². The average molecular weight is 298 g/mol. The summed E-state index contributed by atoms with van der Waals surface area (Å²) in [6, 6.07) is 2.01. The zero-order valence-electron chi connectivity index (χ0n) is 11.3. The minimum atomic E-state index is -1.14. The van der Waals surface area contributed by atoms with Gasteiger partial charge in [-0.05, 0) is 30.5 Å². The van der Waals surface area contributed by atoms with Gasteiger partial charge in [0.15, 0.2) is 11.6 Å². The first-order valence-electron chi connectivity index (χ1n) is 6.61. The van der Waals surface area contributed by atoms with Gasteiger partial charge in [0.1, 0.15) is 6.04 Å². The maximum Gasteiger partial charge on any atom is 0.325 e. The summed E-state index contributed by atoms with van der Waals surface area (Å²) in [6.07, 6.45) is 0.922. The van der Waals surface area contributed by atoms with Crippen molar-refractivity contribution in [3.05, 3.63) is 35.4 Å². The van der Waals surface area contributed by atoms with E-state index in [4.69, 9.17) is 5.73 Å². The number of aliphatic carboxylic acids is 1. The molecule has 0 bridgehead atoms. The van der Waals surface area contributed by atoms with Gasteiger partial charge in [0.05, 0.1) is 0 Å². The number of carboxylic acids is 1. The number of nitrogens with zero attached hydrogens (tertiary/aromatic N) is 1. The third-order valence-electron chi connectivity index (χ3n) is 3.79. The van der Waals surface area contributed by atoms with Crippen LogP contribution in [-0.4, -0.2) is 35.0 Å². The molecule has 1 saturated heterocycles. The summed E-state index contributed by atoms with van der Waals surface area (Å²) >= 11 is 0. The molecule has 0 aliphatic carbocycles. The van der Waals surface area contributed by atoms with Gasteiger partial charge < -0.3 is 10.8 Å². The second kappa shape index (κ2) is 6.17. The van der Waals surface area contributed by atoms with E-state index in [2.05, 4.69) is 0 Å². The molecule has 1 aliphatic heterocycles. The fraction of sp³-hybridized carbons (Fsp3) is 0.429. The van der Waals surface area contributed by atoms with E-state index in [0.717, 1.165) is 12.1 Å². The molecule has 1 aliphatic rings. The average Bonchev–Trinajstić information content (AvgIpc) is 2.43. The quantitative estimate of drug-likeness (QED) is 0.877. The molecule has 3 N–H and O–H groups in total. The van der Waals surface area contributed by atoms with Crippen LogP contribution in [-0.2, 0) is 9.59 Å². The SMILES string of the molecule is NC(=O)C1CCN(C(C(=O)O)c2ccc(F)c(F)c2)CC1. The van der Waals surface area contributed by atoms with E-state index in [9.17, 15) is 23.5 Å². The summed E-state index contributed by atoms with van der Waals surface area (Å²) in [6.45, 7) is 0.729. The van der Waals surface area contributed by atoms with Crippen molar-refractivity contribution in [1.82, 2.24) is 4.90 Å². The molecule has 0 spiro atoms. The second-order valence-corrected chi connectivity index (χ2v) is 5.13. The zero-order chi connectivity index (χ0) is 15.6. The standard InChI is InChI=1S/C14H16F2N2O3/c15-10-2-1-9(7-11(10)16)12(14(20)21)18-5-3-8(4-6-18)13(17)19/h1-2,7-8,12H,3-6H2,(H2,17,19)(H,20,21). The Hall–Kier alpha value is -2.02. The lowest BCUT2D eigenvalue weighted by Gasteiger charge is -2.34. The number of halogens is 2. The first kappa shape index (κ1) is 15.4. The van der Waals surface area contributed by atoms with E-state index < -0.39 is 29.6 Å². The Morgan fingerprint density at radius 1 is 1.24 bits per heavy atom. The summed E-state index contributed by atoms with van der Waals surface area (Å²) in [5.74, 6) is -3.89. The van der Waals surface area contributed by atoms with Gasteiger partial charge in [0, 0.05) is 19.0 Å². The molecule has 0 saturated carbocycles. The molecule has 0 radical (unpaired) electrons. The highest BCUT2D eigenvalue weighted by Gasteiger charge is 2.32. The summed E-state index contributed by atoms with van der Waals surface area (Å²) in [5, 5.41) is 9.36. The first-order valence-corrected chi connectivity index (χ1v) is 6.61. The Kier molecular flexibility index (Phi) is 4.52. The van der Waals surface area contributed by atoms with Gasteiger partial charge in [-0.15, -0.1) is 0 Å². The molecular formula is C14H16F2N2O3. The number of hydrogen-bond acceptors (Lipinski definition) is 3. The Labute approximate surface area is 120 Å². The maximum atomic E-state index is 13.3. The molecule has 1 unspecified atom stereocenters. The van der Waals surface area contributed by atoms with Gasteiger partial charge >= 0.3 is 5.97 Å². The van der Waals surface area contributed by atoms with Crippen molar-refractivity contribution in [3.63, 3.8) is 0 Å². The molecule has 5 nitrogen and oxygen atoms in total. The van der Waals surface area contributed by atoms with E-state index in [1.165, 1.54) is 6.07 Å². The topological polar surface area (TPSA) is 83.6 Å². The Morgan fingerprint density at radius 2 is 1.86 bits per heavy atom. The van der Waals surface area contributed by atoms with Crippen LogP contribution in [0.2, 0.25) is 0 Å². The molecule has 1 amide bonds. The molecule has 1 aromatic rings. The summed E-state index contributed by atoms with van der Waals surface area (Å²) in [7, 11) is 0. The van der Waals surface area contributed by atoms with Crippen LogP contribution in [0.1, 0.15) is 24.4 Å². The number of carboxylic acid groups (broad SMARTS) is 1. The van der Waals surface area contributed by atoms with Crippen LogP contribution in [0.5, 0.6) is 0 Å².